The summed E-state index contributed by atoms with van der Waals surface area (Å²) in [5.41, 5.74) is 4.06. The van der Waals surface area contributed by atoms with Gasteiger partial charge in [-0.1, -0.05) is 54.6 Å². The Balaban J connectivity index is 1.28. The molecule has 230 valence electrons. The first-order chi connectivity index (χ1) is 21.1. The van der Waals surface area contributed by atoms with Crippen molar-refractivity contribution < 1.29 is 9.53 Å². The number of aromatic nitrogens is 3. The molecule has 1 amide bonds. The molecule has 0 spiro atoms. The summed E-state index contributed by atoms with van der Waals surface area (Å²) in [6, 6.07) is 20.6. The van der Waals surface area contributed by atoms with Gasteiger partial charge in [0.15, 0.2) is 0 Å². The Bertz CT molecular complexity index is 1690. The van der Waals surface area contributed by atoms with Crippen LogP contribution in [-0.4, -0.2) is 68.3 Å². The van der Waals surface area contributed by atoms with Crippen molar-refractivity contribution in [3.63, 3.8) is 0 Å². The lowest BCUT2D eigenvalue weighted by atomic mass is 10.0. The third-order valence-corrected chi connectivity index (χ3v) is 8.55. The highest BCUT2D eigenvalue weighted by atomic mass is 16.6. The van der Waals surface area contributed by atoms with Crippen LogP contribution in [0.25, 0.3) is 22.2 Å². The van der Waals surface area contributed by atoms with Crippen molar-refractivity contribution in [1.29, 1.82) is 0 Å². The summed E-state index contributed by atoms with van der Waals surface area (Å²) in [6.45, 7) is 11.4. The van der Waals surface area contributed by atoms with E-state index in [0.29, 0.717) is 30.2 Å². The predicted octanol–water partition coefficient (Wildman–Crippen LogP) is 6.03. The van der Waals surface area contributed by atoms with Crippen molar-refractivity contribution in [2.45, 2.75) is 71.2 Å². The zero-order valence-corrected chi connectivity index (χ0v) is 26.1. The molecule has 2 aliphatic heterocycles. The monoisotopic (exact) mass is 594 g/mol. The Morgan fingerprint density at radius 3 is 2.43 bits per heavy atom. The smallest absolute Gasteiger partial charge is 0.410 e. The number of likely N-dealkylation sites (tertiary alicyclic amines) is 2. The minimum Gasteiger partial charge on any atom is -0.444 e. The van der Waals surface area contributed by atoms with E-state index < -0.39 is 5.60 Å². The number of pyridine rings is 1. The molecule has 44 heavy (non-hydrogen) atoms. The van der Waals surface area contributed by atoms with E-state index in [0.717, 1.165) is 55.4 Å². The van der Waals surface area contributed by atoms with Crippen LogP contribution in [0.4, 0.5) is 10.7 Å². The number of hydrogen-bond donors (Lipinski definition) is 1. The SMILES string of the molecule is Cc1ccccc1-c1cc2cnc(NC3CCN(C(=O)OC(C)(C)C)CC3)nc2n(C2CCN(Cc3ccccc3)C2)c1=O. The molecule has 0 bridgehead atoms. The van der Waals surface area contributed by atoms with Gasteiger partial charge < -0.3 is 15.0 Å². The van der Waals surface area contributed by atoms with Crippen molar-refractivity contribution in [3.05, 3.63) is 88.3 Å². The molecular weight excluding hydrogens is 552 g/mol. The highest BCUT2D eigenvalue weighted by Gasteiger charge is 2.29. The van der Waals surface area contributed by atoms with Gasteiger partial charge in [-0.15, -0.1) is 0 Å². The quantitative estimate of drug-likeness (QED) is 0.292. The average Bonchev–Trinajstić information content (AvgIpc) is 3.45. The number of ether oxygens (including phenoxy) is 1. The van der Waals surface area contributed by atoms with Crippen LogP contribution in [0.15, 0.2) is 71.7 Å². The zero-order chi connectivity index (χ0) is 30.8. The van der Waals surface area contributed by atoms with Gasteiger partial charge in [-0.2, -0.15) is 4.98 Å². The Morgan fingerprint density at radius 2 is 1.70 bits per heavy atom. The Morgan fingerprint density at radius 1 is 0.977 bits per heavy atom. The fourth-order valence-electron chi connectivity index (χ4n) is 6.32. The van der Waals surface area contributed by atoms with Crippen molar-refractivity contribution in [3.8, 4) is 11.1 Å². The molecule has 4 aromatic rings. The highest BCUT2D eigenvalue weighted by Crippen LogP contribution is 2.29. The van der Waals surface area contributed by atoms with Crippen molar-refractivity contribution >= 4 is 23.1 Å². The van der Waals surface area contributed by atoms with Gasteiger partial charge in [0.05, 0.1) is 6.04 Å². The van der Waals surface area contributed by atoms with E-state index >= 15 is 0 Å². The summed E-state index contributed by atoms with van der Waals surface area (Å²) < 4.78 is 7.46. The van der Waals surface area contributed by atoms with Crippen LogP contribution in [0, 0.1) is 6.92 Å². The van der Waals surface area contributed by atoms with Gasteiger partial charge in [0.2, 0.25) is 5.95 Å². The van der Waals surface area contributed by atoms with E-state index in [-0.39, 0.29) is 23.7 Å². The molecule has 9 heteroatoms. The average molecular weight is 595 g/mol. The van der Waals surface area contributed by atoms with Gasteiger partial charge in [0, 0.05) is 55.9 Å². The van der Waals surface area contributed by atoms with Crippen LogP contribution in [0.2, 0.25) is 0 Å². The van der Waals surface area contributed by atoms with Gasteiger partial charge >= 0.3 is 6.09 Å². The van der Waals surface area contributed by atoms with Crippen LogP contribution in [0.5, 0.6) is 0 Å². The maximum Gasteiger partial charge on any atom is 0.410 e. The number of hydrogen-bond acceptors (Lipinski definition) is 7. The Kier molecular flexibility index (Phi) is 8.40. The molecule has 2 aromatic heterocycles. The van der Waals surface area contributed by atoms with E-state index in [4.69, 9.17) is 9.72 Å². The van der Waals surface area contributed by atoms with Gasteiger partial charge in [0.1, 0.15) is 11.2 Å². The standard InChI is InChI=1S/C35H42N6O3/c1-24-10-8-9-13-29(24)30-20-26-21-36-33(37-27-14-18-40(19-15-27)34(43)44-35(2,3)4)38-31(26)41(32(30)42)28-16-17-39(23-28)22-25-11-6-5-7-12-25/h5-13,20-21,27-28H,14-19,22-23H2,1-4H3,(H,36,37,38). The highest BCUT2D eigenvalue weighted by molar-refractivity contribution is 5.82. The molecule has 2 aliphatic rings. The molecule has 9 nitrogen and oxygen atoms in total. The molecule has 1 N–H and O–H groups in total. The molecule has 4 heterocycles. The number of nitrogens with zero attached hydrogens (tertiary/aromatic N) is 5. The molecule has 0 aliphatic carbocycles. The van der Waals surface area contributed by atoms with Crippen LogP contribution in [0.1, 0.15) is 57.2 Å². The summed E-state index contributed by atoms with van der Waals surface area (Å²) in [6.07, 6.45) is 3.95. The number of carbonyl (C=O) groups is 1. The second-order valence-electron chi connectivity index (χ2n) is 13.1. The third-order valence-electron chi connectivity index (χ3n) is 8.55. The van der Waals surface area contributed by atoms with Crippen molar-refractivity contribution in [1.82, 2.24) is 24.3 Å². The molecule has 2 fully saturated rings. The van der Waals surface area contributed by atoms with Gasteiger partial charge in [-0.05, 0) is 69.7 Å². The Labute approximate surface area is 258 Å². The minimum absolute atomic E-state index is 0.00232. The molecule has 1 unspecified atom stereocenters. The number of rotatable bonds is 6. The number of fused-ring (bicyclic) bond motifs is 1. The zero-order valence-electron chi connectivity index (χ0n) is 26.1. The van der Waals surface area contributed by atoms with Gasteiger partial charge in [0.25, 0.3) is 5.56 Å². The lowest BCUT2D eigenvalue weighted by molar-refractivity contribution is 0.0210. The molecule has 0 saturated carbocycles. The largest absolute Gasteiger partial charge is 0.444 e. The number of benzene rings is 2. The first kappa shape index (κ1) is 29.8. The Hall–Kier alpha value is -4.24. The number of carbonyl (C=O) groups excluding carboxylic acids is 1. The molecule has 0 radical (unpaired) electrons. The van der Waals surface area contributed by atoms with Crippen molar-refractivity contribution in [2.75, 3.05) is 31.5 Å². The van der Waals surface area contributed by atoms with Gasteiger partial charge in [-0.3, -0.25) is 14.3 Å². The second kappa shape index (κ2) is 12.4. The maximum atomic E-state index is 14.3. The minimum atomic E-state index is -0.516. The van der Waals surface area contributed by atoms with Crippen LogP contribution in [0.3, 0.4) is 0 Å². The number of aryl methyl sites for hydroxylation is 1. The summed E-state index contributed by atoms with van der Waals surface area (Å²) in [5, 5.41) is 4.33. The van der Waals surface area contributed by atoms with E-state index in [9.17, 15) is 9.59 Å². The second-order valence-corrected chi connectivity index (χ2v) is 13.1. The maximum absolute atomic E-state index is 14.3. The third kappa shape index (κ3) is 6.63. The fourth-order valence-corrected chi connectivity index (χ4v) is 6.32. The number of amides is 1. The molecule has 2 saturated heterocycles. The molecule has 6 rings (SSSR count). The molecular formula is C35H42N6O3. The van der Waals surface area contributed by atoms with Crippen LogP contribution in [-0.2, 0) is 11.3 Å². The van der Waals surface area contributed by atoms with Crippen molar-refractivity contribution in [2.24, 2.45) is 0 Å². The molecule has 1 atom stereocenters. The van der Waals surface area contributed by atoms with E-state index in [1.54, 1.807) is 4.90 Å². The first-order valence-corrected chi connectivity index (χ1v) is 15.6. The summed E-state index contributed by atoms with van der Waals surface area (Å²) in [5.74, 6) is 0.504. The topological polar surface area (TPSA) is 92.6 Å². The fraction of sp³-hybridized carbons (Fsp3) is 0.429. The van der Waals surface area contributed by atoms with Crippen LogP contribution < -0.4 is 10.9 Å². The van der Waals surface area contributed by atoms with E-state index in [2.05, 4.69) is 39.5 Å². The summed E-state index contributed by atoms with van der Waals surface area (Å²) in [7, 11) is 0. The molecule has 2 aromatic carbocycles. The van der Waals surface area contributed by atoms with E-state index in [1.165, 1.54) is 5.56 Å². The first-order valence-electron chi connectivity index (χ1n) is 15.6. The normalized spacial score (nSPS) is 18.1. The van der Waals surface area contributed by atoms with Crippen LogP contribution >= 0.6 is 0 Å². The van der Waals surface area contributed by atoms with Gasteiger partial charge in [-0.25, -0.2) is 9.78 Å². The number of anilines is 1. The lowest BCUT2D eigenvalue weighted by Gasteiger charge is -2.33. The van der Waals surface area contributed by atoms with E-state index in [1.807, 2.05) is 74.9 Å². The summed E-state index contributed by atoms with van der Waals surface area (Å²) in [4.78, 5) is 40.6. The number of piperidine rings is 1. The predicted molar refractivity (Wildman–Crippen MR) is 174 cm³/mol. The lowest BCUT2D eigenvalue weighted by Crippen LogP contribution is -2.44. The summed E-state index contributed by atoms with van der Waals surface area (Å²) >= 11 is 0. The number of nitrogens with one attached hydrogen (secondary N) is 1.